The molecular weight excluding hydrogens is 408 g/mol. The van der Waals surface area contributed by atoms with Crippen LogP contribution in [0.2, 0.25) is 0 Å². The van der Waals surface area contributed by atoms with E-state index in [-0.39, 0.29) is 11.3 Å². The molecule has 1 aromatic heterocycles. The monoisotopic (exact) mass is 431 g/mol. The molecule has 0 saturated carbocycles. The molecule has 1 heterocycles. The standard InChI is InChI=1S/C22H23F2N3O4/c1-3-29-19-9-8-15(10-20(19)30-4-2)13-27-14-17(12-25-27)26-21(28)16-6-5-7-18(11-16)31-22(23)24/h5-12,14,22H,3-4,13H2,1-2H3,(H,26,28). The number of halogens is 2. The number of nitrogens with zero attached hydrogens (tertiary/aromatic N) is 2. The van der Waals surface area contributed by atoms with Gasteiger partial charge in [-0.15, -0.1) is 0 Å². The number of hydrogen-bond acceptors (Lipinski definition) is 5. The zero-order chi connectivity index (χ0) is 22.2. The summed E-state index contributed by atoms with van der Waals surface area (Å²) in [6.07, 6.45) is 3.18. The van der Waals surface area contributed by atoms with Crippen LogP contribution >= 0.6 is 0 Å². The molecule has 2 aromatic carbocycles. The number of benzene rings is 2. The third-order valence-electron chi connectivity index (χ3n) is 4.16. The van der Waals surface area contributed by atoms with E-state index in [0.29, 0.717) is 36.9 Å². The third-order valence-corrected chi connectivity index (χ3v) is 4.16. The van der Waals surface area contributed by atoms with Crippen molar-refractivity contribution in [2.24, 2.45) is 0 Å². The van der Waals surface area contributed by atoms with E-state index in [1.54, 1.807) is 10.9 Å². The maximum atomic E-state index is 12.4. The summed E-state index contributed by atoms with van der Waals surface area (Å²) in [5, 5.41) is 6.95. The molecule has 1 amide bonds. The molecule has 164 valence electrons. The number of hydrogen-bond donors (Lipinski definition) is 1. The van der Waals surface area contributed by atoms with Crippen molar-refractivity contribution in [3.63, 3.8) is 0 Å². The summed E-state index contributed by atoms with van der Waals surface area (Å²) in [5.41, 5.74) is 1.62. The number of anilines is 1. The van der Waals surface area contributed by atoms with Gasteiger partial charge in [-0.2, -0.15) is 13.9 Å². The molecule has 7 nitrogen and oxygen atoms in total. The van der Waals surface area contributed by atoms with E-state index < -0.39 is 12.5 Å². The van der Waals surface area contributed by atoms with Gasteiger partial charge in [0.2, 0.25) is 0 Å². The number of alkyl halides is 2. The minimum atomic E-state index is -2.96. The van der Waals surface area contributed by atoms with Gasteiger partial charge in [0.25, 0.3) is 5.91 Å². The van der Waals surface area contributed by atoms with Gasteiger partial charge in [0.1, 0.15) is 5.75 Å². The number of carbonyl (C=O) groups is 1. The van der Waals surface area contributed by atoms with Crippen molar-refractivity contribution < 1.29 is 27.8 Å². The smallest absolute Gasteiger partial charge is 0.387 e. The Labute approximate surface area is 178 Å². The molecule has 3 rings (SSSR count). The lowest BCUT2D eigenvalue weighted by Crippen LogP contribution is -2.12. The van der Waals surface area contributed by atoms with E-state index in [9.17, 15) is 13.6 Å². The number of amides is 1. The highest BCUT2D eigenvalue weighted by Crippen LogP contribution is 2.29. The molecule has 0 aliphatic heterocycles. The Morgan fingerprint density at radius 3 is 2.61 bits per heavy atom. The average Bonchev–Trinajstić information content (AvgIpc) is 3.16. The zero-order valence-electron chi connectivity index (χ0n) is 17.2. The Morgan fingerprint density at radius 1 is 1.10 bits per heavy atom. The Hall–Kier alpha value is -3.62. The highest BCUT2D eigenvalue weighted by Gasteiger charge is 2.12. The van der Waals surface area contributed by atoms with Gasteiger partial charge in [-0.05, 0) is 49.7 Å². The molecule has 0 saturated heterocycles. The first-order valence-corrected chi connectivity index (χ1v) is 9.75. The first-order chi connectivity index (χ1) is 15.0. The summed E-state index contributed by atoms with van der Waals surface area (Å²) >= 11 is 0. The van der Waals surface area contributed by atoms with E-state index in [4.69, 9.17) is 9.47 Å². The minimum Gasteiger partial charge on any atom is -0.490 e. The minimum absolute atomic E-state index is 0.0843. The summed E-state index contributed by atoms with van der Waals surface area (Å²) in [5.74, 6) is 0.797. The van der Waals surface area contributed by atoms with Crippen LogP contribution in [0, 0.1) is 0 Å². The van der Waals surface area contributed by atoms with Crippen LogP contribution in [-0.2, 0) is 6.54 Å². The number of aromatic nitrogens is 2. The van der Waals surface area contributed by atoms with Crippen LogP contribution in [0.1, 0.15) is 29.8 Å². The van der Waals surface area contributed by atoms with Gasteiger partial charge < -0.3 is 19.5 Å². The van der Waals surface area contributed by atoms with Gasteiger partial charge in [-0.25, -0.2) is 0 Å². The normalized spacial score (nSPS) is 10.7. The van der Waals surface area contributed by atoms with Crippen molar-refractivity contribution in [1.82, 2.24) is 9.78 Å². The van der Waals surface area contributed by atoms with Crippen LogP contribution < -0.4 is 19.5 Å². The van der Waals surface area contributed by atoms with Crippen molar-refractivity contribution >= 4 is 11.6 Å². The number of ether oxygens (including phenoxy) is 3. The summed E-state index contributed by atoms with van der Waals surface area (Å²) in [6.45, 7) is 2.37. The first-order valence-electron chi connectivity index (χ1n) is 9.75. The Morgan fingerprint density at radius 2 is 1.87 bits per heavy atom. The van der Waals surface area contributed by atoms with Gasteiger partial charge in [0, 0.05) is 11.8 Å². The second-order valence-corrected chi connectivity index (χ2v) is 6.43. The average molecular weight is 431 g/mol. The highest BCUT2D eigenvalue weighted by molar-refractivity contribution is 6.04. The van der Waals surface area contributed by atoms with Crippen LogP contribution in [0.5, 0.6) is 17.2 Å². The molecule has 0 aliphatic carbocycles. The highest BCUT2D eigenvalue weighted by atomic mass is 19.3. The van der Waals surface area contributed by atoms with E-state index >= 15 is 0 Å². The topological polar surface area (TPSA) is 74.6 Å². The van der Waals surface area contributed by atoms with Crippen LogP contribution in [0.4, 0.5) is 14.5 Å². The Balaban J connectivity index is 1.66. The van der Waals surface area contributed by atoms with E-state index in [2.05, 4.69) is 15.2 Å². The van der Waals surface area contributed by atoms with Gasteiger partial charge in [-0.3, -0.25) is 9.48 Å². The largest absolute Gasteiger partial charge is 0.490 e. The predicted octanol–water partition coefficient (Wildman–Crippen LogP) is 4.58. The molecule has 3 aromatic rings. The third kappa shape index (κ3) is 6.18. The van der Waals surface area contributed by atoms with Gasteiger partial charge in [-0.1, -0.05) is 12.1 Å². The van der Waals surface area contributed by atoms with Gasteiger partial charge in [0.15, 0.2) is 11.5 Å². The first kappa shape index (κ1) is 22.1. The number of rotatable bonds is 10. The fourth-order valence-electron chi connectivity index (χ4n) is 2.91. The number of nitrogens with one attached hydrogen (secondary N) is 1. The van der Waals surface area contributed by atoms with Crippen molar-refractivity contribution in [1.29, 1.82) is 0 Å². The van der Waals surface area contributed by atoms with E-state index in [0.717, 1.165) is 5.56 Å². The molecular formula is C22H23F2N3O4. The summed E-state index contributed by atoms with van der Waals surface area (Å²) < 4.78 is 41.9. The lowest BCUT2D eigenvalue weighted by atomic mass is 10.2. The van der Waals surface area contributed by atoms with Crippen molar-refractivity contribution in [3.05, 3.63) is 66.0 Å². The second-order valence-electron chi connectivity index (χ2n) is 6.43. The quantitative estimate of drug-likeness (QED) is 0.509. The van der Waals surface area contributed by atoms with E-state index in [1.165, 1.54) is 30.5 Å². The lowest BCUT2D eigenvalue weighted by Gasteiger charge is -2.12. The molecule has 31 heavy (non-hydrogen) atoms. The SMILES string of the molecule is CCOc1ccc(Cn2cc(NC(=O)c3cccc(OC(F)F)c3)cn2)cc1OCC. The molecule has 0 bridgehead atoms. The van der Waals surface area contributed by atoms with Crippen LogP contribution in [0.25, 0.3) is 0 Å². The van der Waals surface area contributed by atoms with Gasteiger partial charge >= 0.3 is 6.61 Å². The van der Waals surface area contributed by atoms with E-state index in [1.807, 2.05) is 32.0 Å². The van der Waals surface area contributed by atoms with Crippen LogP contribution in [-0.4, -0.2) is 35.5 Å². The number of carbonyl (C=O) groups excluding carboxylic acids is 1. The summed E-state index contributed by atoms with van der Waals surface area (Å²) in [6, 6.07) is 11.2. The molecule has 0 fully saturated rings. The van der Waals surface area contributed by atoms with Crippen molar-refractivity contribution in [2.45, 2.75) is 27.0 Å². The zero-order valence-corrected chi connectivity index (χ0v) is 17.2. The van der Waals surface area contributed by atoms with Crippen LogP contribution in [0.3, 0.4) is 0 Å². The molecule has 0 radical (unpaired) electrons. The Bertz CT molecular complexity index is 1020. The maximum Gasteiger partial charge on any atom is 0.387 e. The molecule has 0 atom stereocenters. The van der Waals surface area contributed by atoms with Crippen molar-refractivity contribution in [2.75, 3.05) is 18.5 Å². The molecule has 0 aliphatic rings. The Kier molecular flexibility index (Phi) is 7.42. The second kappa shape index (κ2) is 10.4. The molecule has 0 spiro atoms. The lowest BCUT2D eigenvalue weighted by molar-refractivity contribution is -0.0498. The van der Waals surface area contributed by atoms with Crippen molar-refractivity contribution in [3.8, 4) is 17.2 Å². The van der Waals surface area contributed by atoms with Crippen LogP contribution in [0.15, 0.2) is 54.9 Å². The van der Waals surface area contributed by atoms with Gasteiger partial charge in [0.05, 0.1) is 31.6 Å². The predicted molar refractivity (Wildman–Crippen MR) is 111 cm³/mol. The fraction of sp³-hybridized carbons (Fsp3) is 0.273. The maximum absolute atomic E-state index is 12.4. The molecule has 9 heteroatoms. The molecule has 1 N–H and O–H groups in total. The summed E-state index contributed by atoms with van der Waals surface area (Å²) in [7, 11) is 0. The molecule has 0 unspecified atom stereocenters. The fourth-order valence-corrected chi connectivity index (χ4v) is 2.91. The summed E-state index contributed by atoms with van der Waals surface area (Å²) in [4.78, 5) is 12.4.